The van der Waals surface area contributed by atoms with E-state index in [0.717, 1.165) is 16.7 Å². The maximum Gasteiger partial charge on any atom is 0.338 e. The number of fused-ring (bicyclic) bond motifs is 1. The molecular formula is C29H24N2O4S. The number of esters is 1. The van der Waals surface area contributed by atoms with E-state index >= 15 is 0 Å². The molecule has 6 nitrogen and oxygen atoms in total. The van der Waals surface area contributed by atoms with Crippen LogP contribution >= 0.6 is 11.3 Å². The van der Waals surface area contributed by atoms with E-state index in [-0.39, 0.29) is 12.2 Å². The number of hydrogen-bond donors (Lipinski definition) is 0. The number of hydrogen-bond acceptors (Lipinski definition) is 6. The minimum absolute atomic E-state index is 0.207. The first-order valence-electron chi connectivity index (χ1n) is 11.6. The molecule has 1 aliphatic rings. The van der Waals surface area contributed by atoms with Gasteiger partial charge < -0.3 is 9.47 Å². The number of aromatic nitrogens is 1. The van der Waals surface area contributed by atoms with Gasteiger partial charge in [-0.05, 0) is 36.3 Å². The molecule has 0 radical (unpaired) electrons. The zero-order valence-corrected chi connectivity index (χ0v) is 20.7. The summed E-state index contributed by atoms with van der Waals surface area (Å²) in [5.41, 5.74) is 3.07. The van der Waals surface area contributed by atoms with Crippen LogP contribution in [0.1, 0.15) is 29.7 Å². The second-order valence-corrected chi connectivity index (χ2v) is 9.12. The van der Waals surface area contributed by atoms with Crippen LogP contribution in [0.4, 0.5) is 0 Å². The summed E-state index contributed by atoms with van der Waals surface area (Å²) in [7, 11) is 1.60. The van der Waals surface area contributed by atoms with Crippen molar-refractivity contribution < 1.29 is 14.3 Å². The van der Waals surface area contributed by atoms with E-state index in [1.165, 1.54) is 11.3 Å². The number of benzene rings is 3. The Labute approximate surface area is 212 Å². The van der Waals surface area contributed by atoms with Crippen LogP contribution in [0.25, 0.3) is 11.8 Å². The maximum absolute atomic E-state index is 13.8. The van der Waals surface area contributed by atoms with Crippen LogP contribution in [0.3, 0.4) is 0 Å². The number of thiazole rings is 1. The highest BCUT2D eigenvalue weighted by molar-refractivity contribution is 7.07. The van der Waals surface area contributed by atoms with Gasteiger partial charge in [-0.2, -0.15) is 0 Å². The van der Waals surface area contributed by atoms with Crippen LogP contribution in [-0.4, -0.2) is 24.3 Å². The van der Waals surface area contributed by atoms with Gasteiger partial charge in [-0.3, -0.25) is 9.36 Å². The molecule has 0 unspecified atom stereocenters. The first kappa shape index (κ1) is 23.5. The minimum Gasteiger partial charge on any atom is -0.497 e. The molecule has 1 aromatic heterocycles. The average Bonchev–Trinajstić information content (AvgIpc) is 3.23. The summed E-state index contributed by atoms with van der Waals surface area (Å²) in [5.74, 6) is 0.179. The Bertz CT molecular complexity index is 1600. The van der Waals surface area contributed by atoms with Gasteiger partial charge in [0.25, 0.3) is 5.56 Å². The molecule has 5 rings (SSSR count). The summed E-state index contributed by atoms with van der Waals surface area (Å²) in [6.07, 6.45) is 1.85. The largest absolute Gasteiger partial charge is 0.497 e. The van der Waals surface area contributed by atoms with Crippen LogP contribution in [0, 0.1) is 0 Å². The highest BCUT2D eigenvalue weighted by atomic mass is 32.1. The fourth-order valence-electron chi connectivity index (χ4n) is 4.24. The van der Waals surface area contributed by atoms with Crippen molar-refractivity contribution in [2.24, 2.45) is 4.99 Å². The third-order valence-corrected chi connectivity index (χ3v) is 6.89. The van der Waals surface area contributed by atoms with Crippen LogP contribution in [0.15, 0.2) is 100 Å². The molecule has 4 aromatic rings. The predicted molar refractivity (Wildman–Crippen MR) is 140 cm³/mol. The Morgan fingerprint density at radius 2 is 1.67 bits per heavy atom. The lowest BCUT2D eigenvalue weighted by atomic mass is 9.93. The Balaban J connectivity index is 1.82. The van der Waals surface area contributed by atoms with Crippen molar-refractivity contribution in [1.29, 1.82) is 0 Å². The molecular weight excluding hydrogens is 472 g/mol. The quantitative estimate of drug-likeness (QED) is 0.379. The normalized spacial score (nSPS) is 15.3. The highest BCUT2D eigenvalue weighted by Crippen LogP contribution is 2.35. The summed E-state index contributed by atoms with van der Waals surface area (Å²) >= 11 is 1.31. The molecule has 2 heterocycles. The smallest absolute Gasteiger partial charge is 0.338 e. The number of nitrogens with zero attached hydrogens (tertiary/aromatic N) is 2. The van der Waals surface area contributed by atoms with E-state index in [1.807, 2.05) is 91.0 Å². The van der Waals surface area contributed by atoms with Crippen LogP contribution in [0.2, 0.25) is 0 Å². The van der Waals surface area contributed by atoms with Crippen LogP contribution in [-0.2, 0) is 9.53 Å². The minimum atomic E-state index is -0.709. The highest BCUT2D eigenvalue weighted by Gasteiger charge is 2.35. The molecule has 0 N–H and O–H groups in total. The number of ether oxygens (including phenoxy) is 2. The molecule has 0 aliphatic carbocycles. The fourth-order valence-corrected chi connectivity index (χ4v) is 5.24. The number of rotatable bonds is 6. The van der Waals surface area contributed by atoms with Crippen LogP contribution < -0.4 is 19.6 Å². The first-order valence-corrected chi connectivity index (χ1v) is 12.4. The number of carbonyl (C=O) groups excluding carboxylic acids is 1. The Kier molecular flexibility index (Phi) is 6.64. The van der Waals surface area contributed by atoms with Crippen molar-refractivity contribution in [3.05, 3.63) is 127 Å². The molecule has 0 amide bonds. The molecule has 0 fully saturated rings. The van der Waals surface area contributed by atoms with Crippen LogP contribution in [0.5, 0.6) is 5.75 Å². The summed E-state index contributed by atoms with van der Waals surface area (Å²) in [4.78, 5) is 32.6. The van der Waals surface area contributed by atoms with Gasteiger partial charge in [0.15, 0.2) is 4.80 Å². The van der Waals surface area contributed by atoms with Crippen molar-refractivity contribution in [2.45, 2.75) is 13.0 Å². The third kappa shape index (κ3) is 4.41. The molecule has 7 heteroatoms. The molecule has 3 aromatic carbocycles. The van der Waals surface area contributed by atoms with Crippen molar-refractivity contribution in [3.63, 3.8) is 0 Å². The maximum atomic E-state index is 13.8. The monoisotopic (exact) mass is 496 g/mol. The van der Waals surface area contributed by atoms with Gasteiger partial charge in [0.05, 0.1) is 35.6 Å². The van der Waals surface area contributed by atoms with E-state index in [4.69, 9.17) is 14.5 Å². The van der Waals surface area contributed by atoms with Gasteiger partial charge in [-0.15, -0.1) is 0 Å². The summed E-state index contributed by atoms with van der Waals surface area (Å²) < 4.78 is 13.0. The molecule has 0 saturated heterocycles. The Morgan fingerprint density at radius 1 is 1.00 bits per heavy atom. The molecule has 0 bridgehead atoms. The van der Waals surface area contributed by atoms with E-state index in [0.29, 0.717) is 26.4 Å². The van der Waals surface area contributed by atoms with Gasteiger partial charge in [0.1, 0.15) is 5.75 Å². The van der Waals surface area contributed by atoms with Crippen molar-refractivity contribution >= 4 is 29.1 Å². The lowest BCUT2D eigenvalue weighted by molar-refractivity contribution is -0.138. The summed E-state index contributed by atoms with van der Waals surface area (Å²) in [6, 6.07) is 25.8. The molecule has 0 saturated carbocycles. The SMILES string of the molecule is CCOC(=O)C1=C(c2ccccc2)N=c2s/c(=C\c3ccccc3)c(=O)n2[C@@H]1c1ccc(OC)cc1. The van der Waals surface area contributed by atoms with E-state index < -0.39 is 12.0 Å². The molecule has 0 spiro atoms. The molecule has 1 aliphatic heterocycles. The van der Waals surface area contributed by atoms with Gasteiger partial charge in [0.2, 0.25) is 0 Å². The van der Waals surface area contributed by atoms with Crippen molar-refractivity contribution in [3.8, 4) is 5.75 Å². The van der Waals surface area contributed by atoms with Gasteiger partial charge >= 0.3 is 5.97 Å². The van der Waals surface area contributed by atoms with E-state index in [1.54, 1.807) is 18.6 Å². The van der Waals surface area contributed by atoms with Gasteiger partial charge in [-0.25, -0.2) is 9.79 Å². The lowest BCUT2D eigenvalue weighted by Crippen LogP contribution is -2.40. The Morgan fingerprint density at radius 3 is 2.31 bits per heavy atom. The second-order valence-electron chi connectivity index (χ2n) is 8.12. The van der Waals surface area contributed by atoms with E-state index in [9.17, 15) is 9.59 Å². The second kappa shape index (κ2) is 10.2. The predicted octanol–water partition coefficient (Wildman–Crippen LogP) is 3.94. The zero-order chi connectivity index (χ0) is 25.1. The van der Waals surface area contributed by atoms with Crippen molar-refractivity contribution in [2.75, 3.05) is 13.7 Å². The Hall–Kier alpha value is -4.23. The zero-order valence-electron chi connectivity index (χ0n) is 19.9. The fraction of sp³-hybridized carbons (Fsp3) is 0.138. The molecule has 36 heavy (non-hydrogen) atoms. The lowest BCUT2D eigenvalue weighted by Gasteiger charge is -2.26. The first-order chi connectivity index (χ1) is 17.6. The molecule has 180 valence electrons. The average molecular weight is 497 g/mol. The molecule has 1 atom stereocenters. The topological polar surface area (TPSA) is 69.9 Å². The standard InChI is InChI=1S/C29H24N2O4S/c1-3-35-28(33)24-25(20-12-8-5-9-13-20)30-29-31(26(24)21-14-16-22(34-2)17-15-21)27(32)23(36-29)18-19-10-6-4-7-11-19/h4-18,26H,3H2,1-2H3/b23-18-/t26-/m1/s1. The summed E-state index contributed by atoms with van der Waals surface area (Å²) in [6.45, 7) is 1.97. The van der Waals surface area contributed by atoms with Gasteiger partial charge in [-0.1, -0.05) is 84.1 Å². The number of methoxy groups -OCH3 is 1. The summed E-state index contributed by atoms with van der Waals surface area (Å²) in [5, 5.41) is 0. The number of carbonyl (C=O) groups is 1. The van der Waals surface area contributed by atoms with E-state index in [2.05, 4.69) is 0 Å². The third-order valence-electron chi connectivity index (χ3n) is 5.90. The van der Waals surface area contributed by atoms with Crippen molar-refractivity contribution in [1.82, 2.24) is 4.57 Å². The van der Waals surface area contributed by atoms with Gasteiger partial charge in [0, 0.05) is 5.56 Å².